The first kappa shape index (κ1) is 55.3. The number of hydrogen-bond acceptors (Lipinski definition) is 4. The normalized spacial score (nSPS) is 13.8. The molecule has 0 aliphatic heterocycles. The molecule has 3 atom stereocenters. The van der Waals surface area contributed by atoms with E-state index in [1.807, 2.05) is 0 Å². The molecule has 0 rings (SSSR count). The average molecular weight is 800 g/mol. The van der Waals surface area contributed by atoms with Crippen LogP contribution in [0.4, 0.5) is 0 Å². The van der Waals surface area contributed by atoms with Crippen molar-refractivity contribution in [3.05, 3.63) is 48.6 Å². The summed E-state index contributed by atoms with van der Waals surface area (Å²) in [6.07, 6.45) is 61.0. The lowest BCUT2D eigenvalue weighted by atomic mass is 10.0. The molecule has 0 saturated carbocycles. The summed E-state index contributed by atoms with van der Waals surface area (Å²) < 4.78 is 0. The van der Waals surface area contributed by atoms with Gasteiger partial charge in [-0.05, 0) is 83.5 Å². The van der Waals surface area contributed by atoms with Crippen LogP contribution in [0.1, 0.15) is 251 Å². The van der Waals surface area contributed by atoms with E-state index in [2.05, 4.69) is 67.8 Å². The highest BCUT2D eigenvalue weighted by Gasteiger charge is 2.26. The molecule has 0 bridgehead atoms. The predicted octanol–water partition coefficient (Wildman–Crippen LogP) is 14.9. The van der Waals surface area contributed by atoms with Crippen LogP contribution >= 0.6 is 0 Å². The van der Waals surface area contributed by atoms with Crippen LogP contribution < -0.4 is 5.32 Å². The van der Waals surface area contributed by atoms with Gasteiger partial charge >= 0.3 is 0 Å². The van der Waals surface area contributed by atoms with Crippen LogP contribution in [0.3, 0.4) is 0 Å². The Bertz CT molecular complexity index is 927. The van der Waals surface area contributed by atoms with Crippen LogP contribution in [-0.4, -0.2) is 46.1 Å². The molecule has 5 heteroatoms. The van der Waals surface area contributed by atoms with Gasteiger partial charge in [0.25, 0.3) is 0 Å². The minimum absolute atomic E-state index is 0.161. The van der Waals surface area contributed by atoms with Gasteiger partial charge < -0.3 is 20.6 Å². The molecule has 0 spiro atoms. The predicted molar refractivity (Wildman–Crippen MR) is 250 cm³/mol. The third kappa shape index (κ3) is 42.2. The van der Waals surface area contributed by atoms with Crippen LogP contribution in [-0.2, 0) is 4.79 Å². The Balaban J connectivity index is 3.63. The monoisotopic (exact) mass is 800 g/mol. The molecule has 0 aliphatic carbocycles. The average Bonchev–Trinajstić information content (AvgIpc) is 3.22. The molecule has 334 valence electrons. The molecule has 0 radical (unpaired) electrons. The summed E-state index contributed by atoms with van der Waals surface area (Å²) in [6, 6.07) is -0.835. The number of rotatable bonds is 45. The summed E-state index contributed by atoms with van der Waals surface area (Å²) in [5.74, 6) is -0.161. The Morgan fingerprint density at radius 1 is 0.439 bits per heavy atom. The van der Waals surface area contributed by atoms with Crippen molar-refractivity contribution in [2.24, 2.45) is 0 Å². The van der Waals surface area contributed by atoms with Gasteiger partial charge in [0.05, 0.1) is 18.8 Å². The summed E-state index contributed by atoms with van der Waals surface area (Å²) in [5, 5.41) is 33.6. The van der Waals surface area contributed by atoms with Crippen molar-refractivity contribution < 1.29 is 20.1 Å². The van der Waals surface area contributed by atoms with Gasteiger partial charge in [-0.1, -0.05) is 210 Å². The van der Waals surface area contributed by atoms with Crippen molar-refractivity contribution in [3.63, 3.8) is 0 Å². The highest BCUT2D eigenvalue weighted by atomic mass is 16.3. The van der Waals surface area contributed by atoms with Crippen molar-refractivity contribution in [2.75, 3.05) is 6.61 Å². The smallest absolute Gasteiger partial charge is 0.220 e. The number of nitrogens with one attached hydrogen (secondary N) is 1. The fourth-order valence-corrected chi connectivity index (χ4v) is 7.50. The van der Waals surface area contributed by atoms with E-state index in [0.717, 1.165) is 51.4 Å². The first-order chi connectivity index (χ1) is 28.1. The van der Waals surface area contributed by atoms with Crippen molar-refractivity contribution in [1.29, 1.82) is 0 Å². The van der Waals surface area contributed by atoms with E-state index in [0.29, 0.717) is 12.8 Å². The molecule has 0 aromatic heterocycles. The van der Waals surface area contributed by atoms with Gasteiger partial charge in [-0.3, -0.25) is 4.79 Å². The number of allylic oxidation sites excluding steroid dienone is 8. The SMILES string of the molecule is CCCCCCCCC/C=C/CC/C=C/CCCC(O)C(O)C(CO)NC(=O)CCCCCCCCCCCCC/C=C\C/C=C\CCCCCCCCCCC. The third-order valence-electron chi connectivity index (χ3n) is 11.4. The highest BCUT2D eigenvalue weighted by molar-refractivity contribution is 5.76. The zero-order valence-corrected chi connectivity index (χ0v) is 38.0. The Morgan fingerprint density at radius 2 is 0.772 bits per heavy atom. The molecule has 0 saturated heterocycles. The summed E-state index contributed by atoms with van der Waals surface area (Å²) in [4.78, 5) is 12.5. The van der Waals surface area contributed by atoms with Crippen LogP contribution in [0.25, 0.3) is 0 Å². The van der Waals surface area contributed by atoms with Gasteiger partial charge in [0.15, 0.2) is 0 Å². The van der Waals surface area contributed by atoms with E-state index in [1.165, 1.54) is 173 Å². The van der Waals surface area contributed by atoms with Crippen LogP contribution in [0.15, 0.2) is 48.6 Å². The minimum atomic E-state index is -1.17. The molecule has 0 aromatic carbocycles. The molecule has 0 aromatic rings. The zero-order valence-electron chi connectivity index (χ0n) is 38.0. The van der Waals surface area contributed by atoms with Gasteiger partial charge in [-0.2, -0.15) is 0 Å². The second kappa shape index (κ2) is 47.0. The second-order valence-electron chi connectivity index (χ2n) is 17.0. The maximum atomic E-state index is 12.5. The van der Waals surface area contributed by atoms with Crippen molar-refractivity contribution in [1.82, 2.24) is 5.32 Å². The molecule has 0 aliphatic rings. The van der Waals surface area contributed by atoms with E-state index in [1.54, 1.807) is 0 Å². The van der Waals surface area contributed by atoms with Crippen LogP contribution in [0.2, 0.25) is 0 Å². The molecular formula is C52H97NO4. The van der Waals surface area contributed by atoms with Gasteiger partial charge in [0.2, 0.25) is 5.91 Å². The third-order valence-corrected chi connectivity index (χ3v) is 11.4. The highest BCUT2D eigenvalue weighted by Crippen LogP contribution is 2.15. The summed E-state index contributed by atoms with van der Waals surface area (Å²) in [5.41, 5.74) is 0. The zero-order chi connectivity index (χ0) is 41.5. The lowest BCUT2D eigenvalue weighted by Crippen LogP contribution is -2.50. The Morgan fingerprint density at radius 3 is 1.18 bits per heavy atom. The molecule has 0 fully saturated rings. The standard InChI is InChI=1S/C52H97NO4/c1-3-5-7-9-11-13-15-17-19-21-22-23-24-25-26-27-28-29-30-31-33-35-37-39-41-43-45-47-51(56)53-49(48-54)52(57)50(55)46-44-42-40-38-36-34-32-20-18-16-14-12-10-8-6-4-2/h20,22-23,25-26,32,38,40,49-50,52,54-55,57H,3-19,21,24,27-31,33-37,39,41-48H2,1-2H3,(H,53,56)/b23-22-,26-25-,32-20+,40-38+. The second-order valence-corrected chi connectivity index (χ2v) is 17.0. The van der Waals surface area contributed by atoms with E-state index in [-0.39, 0.29) is 12.5 Å². The summed E-state index contributed by atoms with van der Waals surface area (Å²) in [6.45, 7) is 4.16. The number of carbonyl (C=O) groups is 1. The molecule has 1 amide bonds. The maximum absolute atomic E-state index is 12.5. The quantitative estimate of drug-likeness (QED) is 0.0365. The lowest BCUT2D eigenvalue weighted by molar-refractivity contribution is -0.124. The Kier molecular flexibility index (Phi) is 45.6. The molecule has 5 nitrogen and oxygen atoms in total. The van der Waals surface area contributed by atoms with Crippen LogP contribution in [0.5, 0.6) is 0 Å². The number of aliphatic hydroxyl groups is 3. The fourth-order valence-electron chi connectivity index (χ4n) is 7.50. The van der Waals surface area contributed by atoms with E-state index < -0.39 is 18.2 Å². The summed E-state index contributed by atoms with van der Waals surface area (Å²) >= 11 is 0. The van der Waals surface area contributed by atoms with Crippen molar-refractivity contribution in [2.45, 2.75) is 270 Å². The van der Waals surface area contributed by atoms with Crippen molar-refractivity contribution >= 4 is 5.91 Å². The van der Waals surface area contributed by atoms with Gasteiger partial charge in [-0.15, -0.1) is 0 Å². The van der Waals surface area contributed by atoms with E-state index in [4.69, 9.17) is 0 Å². The largest absolute Gasteiger partial charge is 0.394 e. The Labute approximate surface area is 355 Å². The topological polar surface area (TPSA) is 89.8 Å². The van der Waals surface area contributed by atoms with Crippen molar-refractivity contribution in [3.8, 4) is 0 Å². The molecule has 4 N–H and O–H groups in total. The minimum Gasteiger partial charge on any atom is -0.394 e. The van der Waals surface area contributed by atoms with Gasteiger partial charge in [-0.25, -0.2) is 0 Å². The number of carbonyl (C=O) groups excluding carboxylic acids is 1. The number of unbranched alkanes of at least 4 members (excludes halogenated alkanes) is 29. The van der Waals surface area contributed by atoms with E-state index in [9.17, 15) is 20.1 Å². The first-order valence-electron chi connectivity index (χ1n) is 24.9. The number of hydrogen-bond donors (Lipinski definition) is 4. The molecular weight excluding hydrogens is 703 g/mol. The van der Waals surface area contributed by atoms with Crippen LogP contribution in [0, 0.1) is 0 Å². The maximum Gasteiger partial charge on any atom is 0.220 e. The lowest BCUT2D eigenvalue weighted by Gasteiger charge is -2.26. The van der Waals surface area contributed by atoms with Gasteiger partial charge in [0.1, 0.15) is 6.10 Å². The Hall–Kier alpha value is -1.69. The first-order valence-corrected chi connectivity index (χ1v) is 24.9. The number of amides is 1. The molecule has 0 heterocycles. The van der Waals surface area contributed by atoms with E-state index >= 15 is 0 Å². The summed E-state index contributed by atoms with van der Waals surface area (Å²) in [7, 11) is 0. The molecule has 3 unspecified atom stereocenters. The number of aliphatic hydroxyl groups excluding tert-OH is 3. The fraction of sp³-hybridized carbons (Fsp3) is 0.827. The van der Waals surface area contributed by atoms with Gasteiger partial charge in [0, 0.05) is 6.42 Å². The molecule has 57 heavy (non-hydrogen) atoms.